The van der Waals surface area contributed by atoms with Crippen LogP contribution in [0.2, 0.25) is 0 Å². The van der Waals surface area contributed by atoms with E-state index in [1.165, 1.54) is 25.3 Å². The first-order chi connectivity index (χ1) is 25.2. The van der Waals surface area contributed by atoms with Gasteiger partial charge in [-0.25, -0.2) is 9.59 Å². The molecular weight excluding hydrogens is 694 g/mol. The number of methoxy groups -OCH3 is 1. The molecule has 9 N–H and O–H groups in total. The van der Waals surface area contributed by atoms with Gasteiger partial charge in [0.1, 0.15) is 11.8 Å². The van der Waals surface area contributed by atoms with Gasteiger partial charge in [-0.05, 0) is 72.4 Å². The van der Waals surface area contributed by atoms with Gasteiger partial charge in [-0.3, -0.25) is 24.6 Å². The molecule has 2 amide bonds. The van der Waals surface area contributed by atoms with Crippen molar-refractivity contribution in [3.05, 3.63) is 82.4 Å². The number of aliphatic carboxylic acids is 3. The average molecular weight is 734 g/mol. The van der Waals surface area contributed by atoms with Crippen LogP contribution in [0.15, 0.2) is 54.6 Å². The Labute approximate surface area is 302 Å². The van der Waals surface area contributed by atoms with Crippen molar-refractivity contribution in [2.75, 3.05) is 19.0 Å². The van der Waals surface area contributed by atoms with E-state index >= 15 is 0 Å². The second-order valence-electron chi connectivity index (χ2n) is 12.1. The quantitative estimate of drug-likeness (QED) is 0.0482. The molecule has 0 unspecified atom stereocenters. The van der Waals surface area contributed by atoms with E-state index in [0.717, 1.165) is 0 Å². The van der Waals surface area contributed by atoms with Crippen LogP contribution in [0.3, 0.4) is 0 Å². The molecular formula is C36H39N5O12. The van der Waals surface area contributed by atoms with Crippen LogP contribution in [-0.4, -0.2) is 82.8 Å². The summed E-state index contributed by atoms with van der Waals surface area (Å²) >= 11 is 0. The number of hydrogen-bond donors (Lipinski definition) is 8. The number of rotatable bonds is 15. The van der Waals surface area contributed by atoms with Crippen LogP contribution in [0.25, 0.3) is 0 Å². The maximum Gasteiger partial charge on any atom is 0.343 e. The molecule has 1 aliphatic rings. The van der Waals surface area contributed by atoms with Crippen LogP contribution in [0, 0.1) is 5.41 Å². The molecule has 1 atom stereocenters. The van der Waals surface area contributed by atoms with Gasteiger partial charge in [-0.15, -0.1) is 0 Å². The van der Waals surface area contributed by atoms with Crippen LogP contribution >= 0.6 is 0 Å². The van der Waals surface area contributed by atoms with Crippen LogP contribution in [0.4, 0.5) is 5.69 Å². The van der Waals surface area contributed by atoms with Gasteiger partial charge in [0.05, 0.1) is 37.7 Å². The fourth-order valence-electron chi connectivity index (χ4n) is 5.68. The Hall–Kier alpha value is -6.65. The molecule has 3 aromatic rings. The Balaban J connectivity index is 1.69. The number of ether oxygens (including phenoxy) is 3. The zero-order valence-corrected chi connectivity index (χ0v) is 28.6. The number of carboxylic acids is 3. The van der Waals surface area contributed by atoms with Crippen LogP contribution in [0.1, 0.15) is 63.1 Å². The number of amides is 2. The third kappa shape index (κ3) is 11.2. The number of carboxylic acid groups (broad SMARTS) is 3. The molecule has 0 saturated heterocycles. The molecule has 280 valence electrons. The van der Waals surface area contributed by atoms with Crippen molar-refractivity contribution in [3.8, 4) is 17.2 Å². The number of esters is 1. The molecule has 0 radical (unpaired) electrons. The number of fused-ring (bicyclic) bond motifs is 2. The van der Waals surface area contributed by atoms with Gasteiger partial charge in [0.15, 0.2) is 17.5 Å². The van der Waals surface area contributed by atoms with E-state index in [2.05, 4.69) is 16.0 Å². The molecule has 3 aromatic carbocycles. The lowest BCUT2D eigenvalue weighted by Gasteiger charge is -2.22. The van der Waals surface area contributed by atoms with Gasteiger partial charge >= 0.3 is 23.9 Å². The molecule has 0 aliphatic carbocycles. The summed E-state index contributed by atoms with van der Waals surface area (Å²) < 4.78 is 17.0. The van der Waals surface area contributed by atoms with Crippen molar-refractivity contribution in [1.29, 1.82) is 5.41 Å². The van der Waals surface area contributed by atoms with Gasteiger partial charge in [0.2, 0.25) is 5.91 Å². The topological polar surface area (TPSA) is 277 Å². The first kappa shape index (κ1) is 39.1. The summed E-state index contributed by atoms with van der Waals surface area (Å²) in [6.07, 6.45) is -1.19. The second-order valence-corrected chi connectivity index (χ2v) is 12.1. The third-order valence-electron chi connectivity index (χ3n) is 8.11. The molecule has 1 heterocycles. The summed E-state index contributed by atoms with van der Waals surface area (Å²) in [6, 6.07) is 11.4. The van der Waals surface area contributed by atoms with E-state index in [1.54, 1.807) is 36.4 Å². The Bertz CT molecular complexity index is 1880. The second kappa shape index (κ2) is 18.0. The first-order valence-corrected chi connectivity index (χ1v) is 16.4. The molecule has 4 rings (SSSR count). The summed E-state index contributed by atoms with van der Waals surface area (Å²) in [6.45, 7) is 0.0127. The fourth-order valence-corrected chi connectivity index (χ4v) is 5.68. The lowest BCUT2D eigenvalue weighted by molar-refractivity contribution is -0.141. The number of anilines is 1. The highest BCUT2D eigenvalue weighted by Crippen LogP contribution is 2.37. The predicted molar refractivity (Wildman–Crippen MR) is 188 cm³/mol. The lowest BCUT2D eigenvalue weighted by atomic mass is 9.98. The zero-order chi connectivity index (χ0) is 38.7. The van der Waals surface area contributed by atoms with Crippen LogP contribution in [-0.2, 0) is 38.4 Å². The standard InChI is InChI=1S/C36H39N5O12/c1-51-24-9-4-19(5-10-24)15-26(34(48)49)41-33(47)31-20(7-13-28(42)39-23(17-29(43)44)18-30(45)46)6-12-27-32(31)52-14-2-3-21-16-22(40-36(37)38)8-11-25(21)35(50)53-27/h4-6,8-12,16,23,26H,2-3,7,13-15,17-18H2,1H3,(H,39,42)(H,41,47)(H,43,44)(H,45,46)(H,48,49)(H4,37,38,40)/t26-/m0/s1. The largest absolute Gasteiger partial charge is 0.497 e. The zero-order valence-electron chi connectivity index (χ0n) is 28.6. The fraction of sp³-hybridized carbons (Fsp3) is 0.306. The number of nitrogens with one attached hydrogen (secondary N) is 4. The minimum atomic E-state index is -1.43. The first-order valence-electron chi connectivity index (χ1n) is 16.4. The Kier molecular flexibility index (Phi) is 13.3. The van der Waals surface area contributed by atoms with E-state index < -0.39 is 60.6 Å². The number of benzene rings is 3. The van der Waals surface area contributed by atoms with Crippen LogP contribution < -0.4 is 35.9 Å². The highest BCUT2D eigenvalue weighted by Gasteiger charge is 2.30. The van der Waals surface area contributed by atoms with Gasteiger partial charge < -0.3 is 51.2 Å². The molecule has 0 fully saturated rings. The SMILES string of the molecule is COc1ccc(C[C@H](NC(=O)c2c(CCC(=O)NC(CC(=O)O)CC(=O)O)ccc3c2OCCCc2cc(NC(=N)N)ccc2C(=O)O3)C(=O)O)cc1. The van der Waals surface area contributed by atoms with Crippen molar-refractivity contribution in [1.82, 2.24) is 10.6 Å². The summed E-state index contributed by atoms with van der Waals surface area (Å²) in [5.74, 6) is -6.42. The van der Waals surface area contributed by atoms with E-state index in [1.807, 2.05) is 0 Å². The van der Waals surface area contributed by atoms with Gasteiger partial charge in [-0.2, -0.15) is 0 Å². The minimum Gasteiger partial charge on any atom is -0.497 e. The van der Waals surface area contributed by atoms with E-state index in [9.17, 15) is 33.9 Å². The number of aryl methyl sites for hydroxylation is 2. The maximum atomic E-state index is 14.1. The lowest BCUT2D eigenvalue weighted by Crippen LogP contribution is -2.43. The van der Waals surface area contributed by atoms with E-state index in [0.29, 0.717) is 35.4 Å². The van der Waals surface area contributed by atoms with E-state index in [4.69, 9.17) is 35.6 Å². The molecule has 0 spiro atoms. The van der Waals surface area contributed by atoms with Crippen molar-refractivity contribution in [3.63, 3.8) is 0 Å². The van der Waals surface area contributed by atoms with Gasteiger partial charge in [0, 0.05) is 24.6 Å². The van der Waals surface area contributed by atoms with Gasteiger partial charge in [0.25, 0.3) is 5.91 Å². The molecule has 17 nitrogen and oxygen atoms in total. The smallest absolute Gasteiger partial charge is 0.343 e. The Morgan fingerprint density at radius 2 is 1.66 bits per heavy atom. The number of carbonyl (C=O) groups excluding carboxylic acids is 3. The molecule has 1 aliphatic heterocycles. The molecule has 17 heteroatoms. The summed E-state index contributed by atoms with van der Waals surface area (Å²) in [4.78, 5) is 75.3. The molecule has 0 aromatic heterocycles. The summed E-state index contributed by atoms with van der Waals surface area (Å²) in [5.41, 5.74) is 7.31. The highest BCUT2D eigenvalue weighted by atomic mass is 16.6. The number of nitrogens with two attached hydrogens (primary N) is 1. The molecule has 0 saturated carbocycles. The van der Waals surface area contributed by atoms with Crippen molar-refractivity contribution in [2.24, 2.45) is 5.73 Å². The Morgan fingerprint density at radius 3 is 2.28 bits per heavy atom. The monoisotopic (exact) mass is 733 g/mol. The van der Waals surface area contributed by atoms with Gasteiger partial charge in [-0.1, -0.05) is 18.2 Å². The molecule has 0 bridgehead atoms. The number of guanidine groups is 1. The van der Waals surface area contributed by atoms with Crippen molar-refractivity contribution >= 4 is 47.3 Å². The third-order valence-corrected chi connectivity index (χ3v) is 8.11. The van der Waals surface area contributed by atoms with E-state index in [-0.39, 0.29) is 60.0 Å². The number of carbonyl (C=O) groups is 6. The predicted octanol–water partition coefficient (Wildman–Crippen LogP) is 2.34. The summed E-state index contributed by atoms with van der Waals surface area (Å²) in [7, 11) is 1.48. The molecule has 53 heavy (non-hydrogen) atoms. The van der Waals surface area contributed by atoms with Crippen LogP contribution in [0.5, 0.6) is 17.2 Å². The van der Waals surface area contributed by atoms with Crippen molar-refractivity contribution in [2.45, 2.75) is 57.0 Å². The maximum absolute atomic E-state index is 14.1. The number of hydrogen-bond acceptors (Lipinski definition) is 10. The van der Waals surface area contributed by atoms with Crippen molar-refractivity contribution < 1.29 is 58.3 Å². The Morgan fingerprint density at radius 1 is 0.962 bits per heavy atom. The summed E-state index contributed by atoms with van der Waals surface area (Å²) in [5, 5.41) is 43.5. The normalized spacial score (nSPS) is 12.8. The minimum absolute atomic E-state index is 0.0127. The highest BCUT2D eigenvalue weighted by molar-refractivity contribution is 6.02. The average Bonchev–Trinajstić information content (AvgIpc) is 3.08.